The van der Waals surface area contributed by atoms with E-state index in [1.807, 2.05) is 6.92 Å². The molecule has 1 aromatic rings. The summed E-state index contributed by atoms with van der Waals surface area (Å²) in [5.74, 6) is -0.283. The highest BCUT2D eigenvalue weighted by Crippen LogP contribution is 2.32. The summed E-state index contributed by atoms with van der Waals surface area (Å²) in [6, 6.07) is 4.51. The minimum atomic E-state index is -0.191. The number of halogens is 1. The smallest absolute Gasteiger partial charge is 0.257 e. The zero-order chi connectivity index (χ0) is 14.9. The van der Waals surface area contributed by atoms with E-state index in [9.17, 15) is 9.90 Å². The molecule has 3 N–H and O–H groups in total. The predicted molar refractivity (Wildman–Crippen MR) is 83.1 cm³/mol. The van der Waals surface area contributed by atoms with E-state index in [4.69, 9.17) is 29.6 Å². The van der Waals surface area contributed by atoms with Gasteiger partial charge in [0.1, 0.15) is 5.75 Å². The first-order chi connectivity index (χ1) is 9.33. The maximum absolute atomic E-state index is 12.4. The minimum absolute atomic E-state index is 0.0924. The molecule has 108 valence electrons. The predicted octanol–water partition coefficient (Wildman–Crippen LogP) is 2.57. The number of nitrogens with zero attached hydrogens (tertiary/aromatic N) is 1. The lowest BCUT2D eigenvalue weighted by atomic mass is 9.80. The maximum atomic E-state index is 12.4. The zero-order valence-electron chi connectivity index (χ0n) is 11.2. The number of phenols is 1. The summed E-state index contributed by atoms with van der Waals surface area (Å²) >= 11 is 10.8. The number of benzene rings is 1. The molecule has 0 spiro atoms. The van der Waals surface area contributed by atoms with Crippen molar-refractivity contribution in [2.75, 3.05) is 13.1 Å². The Labute approximate surface area is 128 Å². The molecule has 0 radical (unpaired) electrons. The third-order valence-corrected chi connectivity index (χ3v) is 4.67. The average Bonchev–Trinajstić information content (AvgIpc) is 2.38. The van der Waals surface area contributed by atoms with Gasteiger partial charge >= 0.3 is 0 Å². The first-order valence-corrected chi connectivity index (χ1v) is 7.20. The Hall–Kier alpha value is -1.33. The van der Waals surface area contributed by atoms with Gasteiger partial charge in [-0.05, 0) is 31.0 Å². The molecule has 0 bridgehead atoms. The first kappa shape index (κ1) is 15.1. The first-order valence-electron chi connectivity index (χ1n) is 6.41. The van der Waals surface area contributed by atoms with Crippen molar-refractivity contribution in [1.82, 2.24) is 4.90 Å². The molecule has 0 atom stereocenters. The molecule has 0 aliphatic carbocycles. The van der Waals surface area contributed by atoms with E-state index < -0.39 is 0 Å². The van der Waals surface area contributed by atoms with Crippen molar-refractivity contribution in [3.63, 3.8) is 0 Å². The number of hydrogen-bond acceptors (Lipinski definition) is 3. The highest BCUT2D eigenvalue weighted by molar-refractivity contribution is 7.80. The van der Waals surface area contributed by atoms with E-state index in [2.05, 4.69) is 0 Å². The summed E-state index contributed by atoms with van der Waals surface area (Å²) < 4.78 is 0. The van der Waals surface area contributed by atoms with Gasteiger partial charge in [-0.3, -0.25) is 4.79 Å². The molecule has 6 heteroatoms. The molecular weight excluding hydrogens is 296 g/mol. The number of piperidine rings is 1. The molecule has 4 nitrogen and oxygen atoms in total. The van der Waals surface area contributed by atoms with Gasteiger partial charge in [-0.15, -0.1) is 0 Å². The van der Waals surface area contributed by atoms with Crippen molar-refractivity contribution in [3.8, 4) is 5.75 Å². The van der Waals surface area contributed by atoms with E-state index in [-0.39, 0.29) is 22.6 Å². The highest BCUT2D eigenvalue weighted by Gasteiger charge is 2.34. The van der Waals surface area contributed by atoms with Gasteiger partial charge in [0.2, 0.25) is 0 Å². The molecule has 0 aromatic heterocycles. The number of aromatic hydroxyl groups is 1. The monoisotopic (exact) mass is 312 g/mol. The van der Waals surface area contributed by atoms with E-state index in [0.717, 1.165) is 12.8 Å². The van der Waals surface area contributed by atoms with Crippen LogP contribution in [-0.2, 0) is 0 Å². The van der Waals surface area contributed by atoms with Gasteiger partial charge in [0, 0.05) is 23.5 Å². The van der Waals surface area contributed by atoms with Crippen molar-refractivity contribution in [2.45, 2.75) is 19.8 Å². The van der Waals surface area contributed by atoms with Gasteiger partial charge in [0.15, 0.2) is 0 Å². The van der Waals surface area contributed by atoms with Crippen LogP contribution in [-0.4, -0.2) is 34.0 Å². The van der Waals surface area contributed by atoms with Crippen LogP contribution in [0.5, 0.6) is 5.75 Å². The molecule has 1 aliphatic rings. The average molecular weight is 313 g/mol. The number of carbonyl (C=O) groups is 1. The van der Waals surface area contributed by atoms with Crippen molar-refractivity contribution in [1.29, 1.82) is 0 Å². The Morgan fingerprint density at radius 2 is 2.05 bits per heavy atom. The van der Waals surface area contributed by atoms with Crippen molar-refractivity contribution in [2.24, 2.45) is 11.1 Å². The summed E-state index contributed by atoms with van der Waals surface area (Å²) in [5.41, 5.74) is 5.83. The Bertz CT molecular complexity index is 554. The van der Waals surface area contributed by atoms with Crippen LogP contribution >= 0.6 is 23.8 Å². The number of hydrogen-bond donors (Lipinski definition) is 2. The fourth-order valence-electron chi connectivity index (χ4n) is 2.31. The van der Waals surface area contributed by atoms with Gasteiger partial charge in [-0.25, -0.2) is 0 Å². The zero-order valence-corrected chi connectivity index (χ0v) is 12.8. The minimum Gasteiger partial charge on any atom is -0.507 e. The molecule has 1 heterocycles. The fourth-order valence-corrected chi connectivity index (χ4v) is 2.68. The Morgan fingerprint density at radius 1 is 1.45 bits per heavy atom. The number of thiocarbonyl (C=S) groups is 1. The Morgan fingerprint density at radius 3 is 2.55 bits per heavy atom. The fraction of sp³-hybridized carbons (Fsp3) is 0.429. The van der Waals surface area contributed by atoms with Gasteiger partial charge in [0.25, 0.3) is 5.91 Å². The number of phenolic OH excluding ortho intramolecular Hbond substituents is 1. The highest BCUT2D eigenvalue weighted by atomic mass is 35.5. The van der Waals surface area contributed by atoms with Crippen LogP contribution in [0.2, 0.25) is 5.02 Å². The topological polar surface area (TPSA) is 66.6 Å². The number of carbonyl (C=O) groups excluding carboxylic acids is 1. The summed E-state index contributed by atoms with van der Waals surface area (Å²) in [7, 11) is 0. The lowest BCUT2D eigenvalue weighted by Gasteiger charge is -2.38. The molecule has 2 rings (SSSR count). The molecule has 1 aliphatic heterocycles. The molecule has 0 unspecified atom stereocenters. The quantitative estimate of drug-likeness (QED) is 0.824. The Balaban J connectivity index is 2.11. The van der Waals surface area contributed by atoms with Gasteiger partial charge in [0.05, 0.1) is 10.6 Å². The molecule has 1 amide bonds. The van der Waals surface area contributed by atoms with Crippen LogP contribution in [0.15, 0.2) is 18.2 Å². The Kier molecular flexibility index (Phi) is 4.20. The van der Waals surface area contributed by atoms with E-state index >= 15 is 0 Å². The second-order valence-corrected chi connectivity index (χ2v) is 6.25. The summed E-state index contributed by atoms with van der Waals surface area (Å²) in [6.45, 7) is 3.18. The normalized spacial score (nSPS) is 17.8. The largest absolute Gasteiger partial charge is 0.507 e. The SMILES string of the molecule is CC1(C(N)=S)CCN(C(=O)c2ccc(Cl)cc2O)CC1. The second kappa shape index (κ2) is 5.58. The summed E-state index contributed by atoms with van der Waals surface area (Å²) in [5, 5.41) is 10.2. The van der Waals surface area contributed by atoms with Crippen LogP contribution < -0.4 is 5.73 Å². The molecular formula is C14H17ClN2O2S. The van der Waals surface area contributed by atoms with Crippen molar-refractivity contribution >= 4 is 34.7 Å². The molecule has 20 heavy (non-hydrogen) atoms. The molecule has 1 aromatic carbocycles. The molecule has 0 saturated carbocycles. The third kappa shape index (κ3) is 2.88. The van der Waals surface area contributed by atoms with Crippen LogP contribution in [0.1, 0.15) is 30.1 Å². The second-order valence-electron chi connectivity index (χ2n) is 5.38. The van der Waals surface area contributed by atoms with Gasteiger partial charge < -0.3 is 15.7 Å². The van der Waals surface area contributed by atoms with E-state index in [1.165, 1.54) is 6.07 Å². The third-order valence-electron chi connectivity index (χ3n) is 3.94. The van der Waals surface area contributed by atoms with Crippen LogP contribution in [0.25, 0.3) is 0 Å². The number of amides is 1. The summed E-state index contributed by atoms with van der Waals surface area (Å²) in [4.78, 5) is 14.6. The van der Waals surface area contributed by atoms with Crippen LogP contribution in [0.4, 0.5) is 0 Å². The van der Waals surface area contributed by atoms with Crippen LogP contribution in [0.3, 0.4) is 0 Å². The lowest BCUT2D eigenvalue weighted by molar-refractivity contribution is 0.0667. The lowest BCUT2D eigenvalue weighted by Crippen LogP contribution is -2.46. The standard InChI is InChI=1S/C14H17ClN2O2S/c1-14(13(16)20)4-6-17(7-5-14)12(19)10-3-2-9(15)8-11(10)18/h2-3,8,18H,4-7H2,1H3,(H2,16,20). The van der Waals surface area contributed by atoms with Crippen molar-refractivity contribution < 1.29 is 9.90 Å². The van der Waals surface area contributed by atoms with E-state index in [0.29, 0.717) is 23.1 Å². The van der Waals surface area contributed by atoms with E-state index in [1.54, 1.807) is 17.0 Å². The van der Waals surface area contributed by atoms with Crippen molar-refractivity contribution in [3.05, 3.63) is 28.8 Å². The van der Waals surface area contributed by atoms with Crippen LogP contribution in [0, 0.1) is 5.41 Å². The number of rotatable bonds is 2. The van der Waals surface area contributed by atoms with Gasteiger partial charge in [-0.1, -0.05) is 30.7 Å². The summed E-state index contributed by atoms with van der Waals surface area (Å²) in [6.07, 6.45) is 1.48. The molecule has 1 fully saturated rings. The number of likely N-dealkylation sites (tertiary alicyclic amines) is 1. The maximum Gasteiger partial charge on any atom is 0.257 e. The number of nitrogens with two attached hydrogens (primary N) is 1. The molecule has 1 saturated heterocycles. The van der Waals surface area contributed by atoms with Gasteiger partial charge in [-0.2, -0.15) is 0 Å².